The minimum Gasteiger partial charge on any atom is -0.307 e. The van der Waals surface area contributed by atoms with Gasteiger partial charge in [0.15, 0.2) is 11.6 Å². The first-order valence-corrected chi connectivity index (χ1v) is 6.56. The fourth-order valence-electron chi connectivity index (χ4n) is 1.99. The summed E-state index contributed by atoms with van der Waals surface area (Å²) in [4.78, 5) is 8.58. The fourth-order valence-corrected chi connectivity index (χ4v) is 1.99. The van der Waals surface area contributed by atoms with Crippen molar-refractivity contribution in [3.05, 3.63) is 59.2 Å². The van der Waals surface area contributed by atoms with Crippen LogP contribution in [0.5, 0.6) is 0 Å². The summed E-state index contributed by atoms with van der Waals surface area (Å²) in [6.07, 6.45) is 4.00. The molecule has 0 amide bonds. The van der Waals surface area contributed by atoms with Crippen LogP contribution in [-0.2, 0) is 6.42 Å². The van der Waals surface area contributed by atoms with Crippen molar-refractivity contribution in [2.45, 2.75) is 26.3 Å². The number of benzene rings is 1. The van der Waals surface area contributed by atoms with Gasteiger partial charge in [-0.15, -0.1) is 0 Å². The number of aryl methyl sites for hydroxylation is 1. The van der Waals surface area contributed by atoms with Gasteiger partial charge < -0.3 is 5.32 Å². The Morgan fingerprint density at radius 2 is 1.85 bits per heavy atom. The monoisotopic (exact) mass is 277 g/mol. The van der Waals surface area contributed by atoms with Gasteiger partial charge in [0, 0.05) is 12.4 Å². The normalized spacial score (nSPS) is 12.4. The first-order valence-electron chi connectivity index (χ1n) is 6.56. The number of likely N-dealkylation sites (N-methyl/N-ethyl adjacent to an activating group) is 1. The molecule has 0 saturated heterocycles. The molecule has 20 heavy (non-hydrogen) atoms. The van der Waals surface area contributed by atoms with Gasteiger partial charge in [0.2, 0.25) is 0 Å². The van der Waals surface area contributed by atoms with E-state index in [-0.39, 0.29) is 6.04 Å². The molecule has 106 valence electrons. The summed E-state index contributed by atoms with van der Waals surface area (Å²) in [6, 6.07) is 3.82. The van der Waals surface area contributed by atoms with Crippen LogP contribution < -0.4 is 5.32 Å². The van der Waals surface area contributed by atoms with Gasteiger partial charge in [0.1, 0.15) is 5.82 Å². The van der Waals surface area contributed by atoms with Gasteiger partial charge in [-0.1, -0.05) is 13.0 Å². The Hall–Kier alpha value is -1.88. The van der Waals surface area contributed by atoms with Crippen LogP contribution in [0.2, 0.25) is 0 Å². The molecule has 0 bridgehead atoms. The van der Waals surface area contributed by atoms with E-state index in [9.17, 15) is 8.78 Å². The molecule has 1 heterocycles. The van der Waals surface area contributed by atoms with Crippen LogP contribution in [0.1, 0.15) is 29.9 Å². The number of hydrogen-bond donors (Lipinski definition) is 1. The van der Waals surface area contributed by atoms with Crippen LogP contribution in [0.25, 0.3) is 0 Å². The third-order valence-corrected chi connectivity index (χ3v) is 2.99. The van der Waals surface area contributed by atoms with Crippen LogP contribution >= 0.6 is 0 Å². The minimum atomic E-state index is -0.833. The van der Waals surface area contributed by atoms with E-state index in [0.29, 0.717) is 17.8 Å². The number of aromatic nitrogens is 2. The van der Waals surface area contributed by atoms with E-state index in [4.69, 9.17) is 0 Å². The lowest BCUT2D eigenvalue weighted by Crippen LogP contribution is -2.25. The number of halogens is 2. The van der Waals surface area contributed by atoms with E-state index < -0.39 is 11.6 Å². The molecule has 1 aromatic heterocycles. The standard InChI is InChI=1S/C15H17F2N3/c1-3-18-14(15-19-8-10(2)9-20-15)7-11-4-5-12(16)13(17)6-11/h4-6,8-9,14,18H,3,7H2,1-2H3. The molecule has 3 nitrogen and oxygen atoms in total. The van der Waals surface area contributed by atoms with Crippen molar-refractivity contribution in [1.82, 2.24) is 15.3 Å². The molecular weight excluding hydrogens is 260 g/mol. The average Bonchev–Trinajstić information content (AvgIpc) is 2.43. The van der Waals surface area contributed by atoms with Gasteiger partial charge in [0.25, 0.3) is 0 Å². The van der Waals surface area contributed by atoms with E-state index in [1.165, 1.54) is 6.07 Å². The van der Waals surface area contributed by atoms with Crippen molar-refractivity contribution in [1.29, 1.82) is 0 Å². The van der Waals surface area contributed by atoms with Gasteiger partial charge >= 0.3 is 0 Å². The Morgan fingerprint density at radius 1 is 1.15 bits per heavy atom. The third-order valence-electron chi connectivity index (χ3n) is 2.99. The number of hydrogen-bond acceptors (Lipinski definition) is 3. The minimum absolute atomic E-state index is 0.120. The van der Waals surface area contributed by atoms with Gasteiger partial charge in [-0.05, 0) is 43.1 Å². The molecule has 2 aromatic rings. The maximum Gasteiger partial charge on any atom is 0.159 e. The van der Waals surface area contributed by atoms with Crippen molar-refractivity contribution < 1.29 is 8.78 Å². The van der Waals surface area contributed by atoms with Gasteiger partial charge in [-0.25, -0.2) is 18.7 Å². The van der Waals surface area contributed by atoms with E-state index in [2.05, 4.69) is 15.3 Å². The molecule has 1 atom stereocenters. The second kappa shape index (κ2) is 6.52. The lowest BCUT2D eigenvalue weighted by atomic mass is 10.0. The second-order valence-electron chi connectivity index (χ2n) is 4.68. The summed E-state index contributed by atoms with van der Waals surface area (Å²) in [6.45, 7) is 4.64. The zero-order valence-corrected chi connectivity index (χ0v) is 11.5. The second-order valence-corrected chi connectivity index (χ2v) is 4.68. The third kappa shape index (κ3) is 3.57. The maximum atomic E-state index is 13.2. The lowest BCUT2D eigenvalue weighted by Gasteiger charge is -2.16. The summed E-state index contributed by atoms with van der Waals surface area (Å²) < 4.78 is 26.2. The summed E-state index contributed by atoms with van der Waals surface area (Å²) in [5.74, 6) is -1.01. The fraction of sp³-hybridized carbons (Fsp3) is 0.333. The van der Waals surface area contributed by atoms with Crippen LogP contribution in [-0.4, -0.2) is 16.5 Å². The van der Waals surface area contributed by atoms with Gasteiger partial charge in [-0.3, -0.25) is 0 Å². The van der Waals surface area contributed by atoms with E-state index in [1.807, 2.05) is 13.8 Å². The molecule has 2 rings (SSSR count). The highest BCUT2D eigenvalue weighted by atomic mass is 19.2. The molecule has 5 heteroatoms. The zero-order valence-electron chi connectivity index (χ0n) is 11.5. The number of nitrogens with one attached hydrogen (secondary N) is 1. The van der Waals surface area contributed by atoms with Crippen LogP contribution in [0.4, 0.5) is 8.78 Å². The summed E-state index contributed by atoms with van der Waals surface area (Å²) in [7, 11) is 0. The number of nitrogens with zero attached hydrogens (tertiary/aromatic N) is 2. The molecule has 0 radical (unpaired) electrons. The van der Waals surface area contributed by atoms with Crippen LogP contribution in [0, 0.1) is 18.6 Å². The summed E-state index contributed by atoms with van der Waals surface area (Å²) >= 11 is 0. The van der Waals surface area contributed by atoms with E-state index in [1.54, 1.807) is 18.5 Å². The number of rotatable bonds is 5. The molecule has 0 saturated carbocycles. The quantitative estimate of drug-likeness (QED) is 0.913. The molecule has 1 aromatic carbocycles. The first-order chi connectivity index (χ1) is 9.60. The average molecular weight is 277 g/mol. The molecule has 0 aliphatic heterocycles. The van der Waals surface area contributed by atoms with Crippen molar-refractivity contribution in [2.24, 2.45) is 0 Å². The Kier molecular flexibility index (Phi) is 4.74. The molecule has 0 aliphatic carbocycles. The van der Waals surface area contributed by atoms with E-state index >= 15 is 0 Å². The maximum absolute atomic E-state index is 13.2. The van der Waals surface area contributed by atoms with Crippen molar-refractivity contribution in [2.75, 3.05) is 6.54 Å². The predicted octanol–water partition coefficient (Wildman–Crippen LogP) is 2.96. The van der Waals surface area contributed by atoms with Gasteiger partial charge in [-0.2, -0.15) is 0 Å². The zero-order chi connectivity index (χ0) is 14.5. The summed E-state index contributed by atoms with van der Waals surface area (Å²) in [5.41, 5.74) is 1.69. The van der Waals surface area contributed by atoms with Gasteiger partial charge in [0.05, 0.1) is 6.04 Å². The highest BCUT2D eigenvalue weighted by Gasteiger charge is 2.15. The molecular formula is C15H17F2N3. The van der Waals surface area contributed by atoms with Crippen LogP contribution in [0.15, 0.2) is 30.6 Å². The highest BCUT2D eigenvalue weighted by Crippen LogP contribution is 2.17. The van der Waals surface area contributed by atoms with Crippen molar-refractivity contribution >= 4 is 0 Å². The molecule has 1 unspecified atom stereocenters. The molecule has 0 aliphatic rings. The lowest BCUT2D eigenvalue weighted by molar-refractivity contribution is 0.497. The van der Waals surface area contributed by atoms with Crippen LogP contribution in [0.3, 0.4) is 0 Å². The molecule has 0 fully saturated rings. The Labute approximate surface area is 117 Å². The summed E-state index contributed by atoms with van der Waals surface area (Å²) in [5, 5.41) is 3.26. The Bertz CT molecular complexity index is 570. The predicted molar refractivity (Wildman–Crippen MR) is 73.2 cm³/mol. The topological polar surface area (TPSA) is 37.8 Å². The molecule has 1 N–H and O–H groups in total. The first kappa shape index (κ1) is 14.5. The SMILES string of the molecule is CCNC(Cc1ccc(F)c(F)c1)c1ncc(C)cn1. The largest absolute Gasteiger partial charge is 0.307 e. The van der Waals surface area contributed by atoms with Crippen molar-refractivity contribution in [3.8, 4) is 0 Å². The Balaban J connectivity index is 2.20. The Morgan fingerprint density at radius 3 is 2.45 bits per heavy atom. The smallest absolute Gasteiger partial charge is 0.159 e. The van der Waals surface area contributed by atoms with Crippen molar-refractivity contribution in [3.63, 3.8) is 0 Å². The van der Waals surface area contributed by atoms with E-state index in [0.717, 1.165) is 18.2 Å². The molecule has 0 spiro atoms. The highest BCUT2D eigenvalue weighted by molar-refractivity contribution is 5.20.